The molecule has 0 saturated heterocycles. The highest BCUT2D eigenvalue weighted by Crippen LogP contribution is 2.29. The fraction of sp³-hybridized carbons (Fsp3) is 0.316. The first-order chi connectivity index (χ1) is 13.1. The van der Waals surface area contributed by atoms with Crippen LogP contribution in [0.4, 0.5) is 17.6 Å². The zero-order chi connectivity index (χ0) is 20.6. The highest BCUT2D eigenvalue weighted by Gasteiger charge is 2.35. The first kappa shape index (κ1) is 19.8. The van der Waals surface area contributed by atoms with E-state index in [1.165, 1.54) is 36.7 Å². The van der Waals surface area contributed by atoms with E-state index >= 15 is 0 Å². The summed E-state index contributed by atoms with van der Waals surface area (Å²) in [5.74, 6) is -0.519. The van der Waals surface area contributed by atoms with Crippen LogP contribution in [0.1, 0.15) is 35.7 Å². The van der Waals surface area contributed by atoms with Crippen LogP contribution in [-0.4, -0.2) is 25.1 Å². The Morgan fingerprint density at radius 1 is 1.18 bits per heavy atom. The van der Waals surface area contributed by atoms with Gasteiger partial charge < -0.3 is 4.57 Å². The van der Waals surface area contributed by atoms with E-state index < -0.39 is 17.9 Å². The molecule has 1 atom stereocenters. The number of benzene rings is 1. The molecule has 3 rings (SSSR count). The van der Waals surface area contributed by atoms with Crippen molar-refractivity contribution in [1.29, 1.82) is 0 Å². The Bertz CT molecular complexity index is 1000. The minimum Gasteiger partial charge on any atom is -0.324 e. The molecule has 0 bridgehead atoms. The van der Waals surface area contributed by atoms with Crippen LogP contribution in [0, 0.1) is 19.7 Å². The smallest absolute Gasteiger partial charge is 0.324 e. The van der Waals surface area contributed by atoms with E-state index in [4.69, 9.17) is 0 Å². The standard InChI is InChI=1S/C19H18F4N4O/c1-11-14(9-24-27(11)16-6-4-15(20)5-7-16)8-17(28)12(2)26-10-18(19(21,22)23)25-13(26)3/h4-7,9-10,12H,8H2,1-3H3. The van der Waals surface area contributed by atoms with Crippen molar-refractivity contribution in [3.05, 3.63) is 65.3 Å². The van der Waals surface area contributed by atoms with Crippen LogP contribution in [0.5, 0.6) is 0 Å². The van der Waals surface area contributed by atoms with E-state index in [9.17, 15) is 22.4 Å². The third-order valence-corrected chi connectivity index (χ3v) is 4.64. The number of ketones is 1. The number of hydrogen-bond acceptors (Lipinski definition) is 3. The van der Waals surface area contributed by atoms with E-state index in [0.717, 1.165) is 6.20 Å². The lowest BCUT2D eigenvalue weighted by Crippen LogP contribution is -2.19. The van der Waals surface area contributed by atoms with Gasteiger partial charge in [0.05, 0.1) is 17.9 Å². The van der Waals surface area contributed by atoms with Gasteiger partial charge in [0, 0.05) is 23.9 Å². The summed E-state index contributed by atoms with van der Waals surface area (Å²) in [7, 11) is 0. The number of carbonyl (C=O) groups is 1. The minimum atomic E-state index is -4.56. The molecule has 0 fully saturated rings. The molecule has 0 amide bonds. The molecule has 0 N–H and O–H groups in total. The largest absolute Gasteiger partial charge is 0.434 e. The summed E-state index contributed by atoms with van der Waals surface area (Å²) in [4.78, 5) is 16.1. The maximum atomic E-state index is 13.1. The Kier molecular flexibility index (Phi) is 5.10. The van der Waals surface area contributed by atoms with E-state index in [1.54, 1.807) is 23.7 Å². The number of carbonyl (C=O) groups excluding carboxylic acids is 1. The van der Waals surface area contributed by atoms with Gasteiger partial charge >= 0.3 is 6.18 Å². The molecule has 28 heavy (non-hydrogen) atoms. The molecule has 0 saturated carbocycles. The summed E-state index contributed by atoms with van der Waals surface area (Å²) in [6.07, 6.45) is -2.17. The van der Waals surface area contributed by atoms with Crippen molar-refractivity contribution in [3.8, 4) is 5.69 Å². The van der Waals surface area contributed by atoms with Gasteiger partial charge in [0.2, 0.25) is 0 Å². The highest BCUT2D eigenvalue weighted by molar-refractivity contribution is 5.84. The lowest BCUT2D eigenvalue weighted by atomic mass is 10.1. The molecule has 0 radical (unpaired) electrons. The number of rotatable bonds is 5. The average molecular weight is 394 g/mol. The van der Waals surface area contributed by atoms with Crippen LogP contribution in [0.3, 0.4) is 0 Å². The minimum absolute atomic E-state index is 0.00711. The summed E-state index contributed by atoms with van der Waals surface area (Å²) >= 11 is 0. The Hall–Kier alpha value is -2.97. The predicted octanol–water partition coefficient (Wildman–Crippen LogP) is 4.22. The first-order valence-corrected chi connectivity index (χ1v) is 8.52. The number of alkyl halides is 3. The van der Waals surface area contributed by atoms with Gasteiger partial charge in [-0.3, -0.25) is 4.79 Å². The van der Waals surface area contributed by atoms with Gasteiger partial charge in [-0.25, -0.2) is 14.1 Å². The van der Waals surface area contributed by atoms with E-state index in [0.29, 0.717) is 16.9 Å². The van der Waals surface area contributed by atoms with Crippen LogP contribution in [0.15, 0.2) is 36.7 Å². The molecule has 0 aliphatic rings. The van der Waals surface area contributed by atoms with E-state index in [-0.39, 0.29) is 23.8 Å². The van der Waals surface area contributed by atoms with Gasteiger partial charge in [-0.05, 0) is 45.0 Å². The lowest BCUT2D eigenvalue weighted by molar-refractivity contribution is -0.141. The topological polar surface area (TPSA) is 52.7 Å². The summed E-state index contributed by atoms with van der Waals surface area (Å²) in [5, 5.41) is 4.23. The molecule has 3 aromatic rings. The van der Waals surface area contributed by atoms with Crippen molar-refractivity contribution >= 4 is 5.78 Å². The van der Waals surface area contributed by atoms with E-state index in [1.807, 2.05) is 0 Å². The van der Waals surface area contributed by atoms with Gasteiger partial charge in [0.1, 0.15) is 11.6 Å². The van der Waals surface area contributed by atoms with Crippen molar-refractivity contribution in [3.63, 3.8) is 0 Å². The summed E-state index contributed by atoms with van der Waals surface area (Å²) in [6, 6.07) is 4.94. The SMILES string of the molecule is Cc1nc(C(F)(F)F)cn1C(C)C(=O)Cc1cnn(-c2ccc(F)cc2)c1C. The Labute approximate surface area is 158 Å². The zero-order valence-electron chi connectivity index (χ0n) is 15.5. The second-order valence-corrected chi connectivity index (χ2v) is 6.54. The number of imidazole rings is 1. The molecular weight excluding hydrogens is 376 g/mol. The van der Waals surface area contributed by atoms with Gasteiger partial charge in [0.15, 0.2) is 11.5 Å². The van der Waals surface area contributed by atoms with Crippen molar-refractivity contribution in [1.82, 2.24) is 19.3 Å². The number of aryl methyl sites for hydroxylation is 1. The van der Waals surface area contributed by atoms with Crippen LogP contribution in [0.25, 0.3) is 5.69 Å². The molecule has 9 heteroatoms. The molecule has 0 spiro atoms. The van der Waals surface area contributed by atoms with Crippen molar-refractivity contribution in [2.75, 3.05) is 0 Å². The Morgan fingerprint density at radius 2 is 1.82 bits per heavy atom. The van der Waals surface area contributed by atoms with Crippen LogP contribution in [-0.2, 0) is 17.4 Å². The van der Waals surface area contributed by atoms with Gasteiger partial charge in [0.25, 0.3) is 0 Å². The molecule has 5 nitrogen and oxygen atoms in total. The predicted molar refractivity (Wildman–Crippen MR) is 93.6 cm³/mol. The fourth-order valence-corrected chi connectivity index (χ4v) is 2.96. The summed E-state index contributed by atoms with van der Waals surface area (Å²) in [5.41, 5.74) is 0.969. The van der Waals surface area contributed by atoms with Crippen LogP contribution >= 0.6 is 0 Å². The fourth-order valence-electron chi connectivity index (χ4n) is 2.96. The summed E-state index contributed by atoms with van der Waals surface area (Å²) in [6.45, 7) is 4.74. The third kappa shape index (κ3) is 3.83. The second kappa shape index (κ2) is 7.21. The Balaban J connectivity index is 1.80. The van der Waals surface area contributed by atoms with Gasteiger partial charge in [-0.2, -0.15) is 18.3 Å². The maximum absolute atomic E-state index is 13.1. The first-order valence-electron chi connectivity index (χ1n) is 8.52. The second-order valence-electron chi connectivity index (χ2n) is 6.54. The molecule has 1 aromatic carbocycles. The molecule has 2 aromatic heterocycles. The monoisotopic (exact) mass is 394 g/mol. The quantitative estimate of drug-likeness (QED) is 0.609. The molecule has 1 unspecified atom stereocenters. The molecular formula is C19H18F4N4O. The molecule has 2 heterocycles. The number of Topliss-reactive ketones (excluding diaryl/α,β-unsaturated/α-hetero) is 1. The average Bonchev–Trinajstić information content (AvgIpc) is 3.18. The number of hydrogen-bond donors (Lipinski definition) is 0. The van der Waals surface area contributed by atoms with Crippen molar-refractivity contribution in [2.45, 2.75) is 39.4 Å². The lowest BCUT2D eigenvalue weighted by Gasteiger charge is -2.14. The van der Waals surface area contributed by atoms with Crippen molar-refractivity contribution < 1.29 is 22.4 Å². The highest BCUT2D eigenvalue weighted by atomic mass is 19.4. The Morgan fingerprint density at radius 3 is 2.39 bits per heavy atom. The molecule has 148 valence electrons. The van der Waals surface area contributed by atoms with Crippen molar-refractivity contribution in [2.24, 2.45) is 0 Å². The van der Waals surface area contributed by atoms with Crippen LogP contribution < -0.4 is 0 Å². The zero-order valence-corrected chi connectivity index (χ0v) is 15.5. The molecule has 0 aliphatic heterocycles. The number of halogens is 4. The number of aromatic nitrogens is 4. The summed E-state index contributed by atoms with van der Waals surface area (Å²) < 4.78 is 54.4. The molecule has 0 aliphatic carbocycles. The van der Waals surface area contributed by atoms with Crippen LogP contribution in [0.2, 0.25) is 0 Å². The third-order valence-electron chi connectivity index (χ3n) is 4.64. The normalized spacial score (nSPS) is 13.0. The van der Waals surface area contributed by atoms with Gasteiger partial charge in [-0.1, -0.05) is 0 Å². The van der Waals surface area contributed by atoms with E-state index in [2.05, 4.69) is 10.1 Å². The maximum Gasteiger partial charge on any atom is 0.434 e. The number of nitrogens with zero attached hydrogens (tertiary/aromatic N) is 4. The van der Waals surface area contributed by atoms with Gasteiger partial charge in [-0.15, -0.1) is 0 Å².